The minimum absolute atomic E-state index is 0.216. The van der Waals surface area contributed by atoms with E-state index in [1.807, 2.05) is 0 Å². The molecular weight excluding hydrogens is 458 g/mol. The molecule has 38 heavy (non-hydrogen) atoms. The Kier molecular flexibility index (Phi) is 3.89. The first-order valence-corrected chi connectivity index (χ1v) is 13.5. The maximum absolute atomic E-state index is 3.91. The second kappa shape index (κ2) is 7.24. The standard InChI is InChI=1S/C37H25N/c1-2-10-23(11-3-1)26-20-35-36(31-21-30-25(19-34(31)38-35)18-24-12-4-5-13-27(24)30)37(22-26)32-16-8-6-14-28(32)29-15-7-9-17-33(29)37/h1-21,26,38H,22H2. The number of hydrogen-bond acceptors (Lipinski definition) is 0. The van der Waals surface area contributed by atoms with Gasteiger partial charge in [-0.1, -0.05) is 109 Å². The highest BCUT2D eigenvalue weighted by Crippen LogP contribution is 2.58. The highest BCUT2D eigenvalue weighted by molar-refractivity contribution is 5.97. The first-order chi connectivity index (χ1) is 18.8. The lowest BCUT2D eigenvalue weighted by atomic mass is 9.63. The molecule has 3 aliphatic carbocycles. The Hall–Kier alpha value is -4.62. The van der Waals surface area contributed by atoms with Crippen molar-refractivity contribution in [2.24, 2.45) is 0 Å². The van der Waals surface area contributed by atoms with Gasteiger partial charge in [0, 0.05) is 27.6 Å². The summed E-state index contributed by atoms with van der Waals surface area (Å²) in [5, 5.41) is 3.92. The first-order valence-electron chi connectivity index (χ1n) is 13.5. The summed E-state index contributed by atoms with van der Waals surface area (Å²) >= 11 is 0. The van der Waals surface area contributed by atoms with Gasteiger partial charge in [-0.25, -0.2) is 0 Å². The summed E-state index contributed by atoms with van der Waals surface area (Å²) in [6.07, 6.45) is 5.84. The molecule has 6 aromatic rings. The Bertz CT molecular complexity index is 2010. The minimum atomic E-state index is -0.216. The predicted octanol–water partition coefficient (Wildman–Crippen LogP) is 7.26. The minimum Gasteiger partial charge on any atom is -0.355 e. The highest BCUT2D eigenvalue weighted by Gasteiger charge is 2.49. The van der Waals surface area contributed by atoms with Crippen LogP contribution in [0.25, 0.3) is 45.3 Å². The van der Waals surface area contributed by atoms with Gasteiger partial charge in [-0.3, -0.25) is 0 Å². The number of aromatic nitrogens is 1. The summed E-state index contributed by atoms with van der Waals surface area (Å²) in [5.41, 5.74) is 13.4. The average Bonchev–Trinajstić information content (AvgIpc) is 3.61. The van der Waals surface area contributed by atoms with Crippen molar-refractivity contribution in [1.29, 1.82) is 0 Å². The summed E-state index contributed by atoms with van der Waals surface area (Å²) in [5.74, 6) is 0.315. The third-order valence-electron chi connectivity index (χ3n) is 9.17. The van der Waals surface area contributed by atoms with Gasteiger partial charge in [0.05, 0.1) is 0 Å². The van der Waals surface area contributed by atoms with E-state index in [0.717, 1.165) is 6.42 Å². The van der Waals surface area contributed by atoms with Crippen LogP contribution in [-0.4, -0.2) is 4.98 Å². The highest BCUT2D eigenvalue weighted by atomic mass is 14.7. The second-order valence-electron chi connectivity index (χ2n) is 11.0. The van der Waals surface area contributed by atoms with Gasteiger partial charge in [-0.15, -0.1) is 0 Å². The van der Waals surface area contributed by atoms with Crippen molar-refractivity contribution in [3.63, 3.8) is 0 Å². The fraction of sp³-hybridized carbons (Fsp3) is 0.0811. The van der Waals surface area contributed by atoms with Gasteiger partial charge < -0.3 is 4.98 Å². The number of hydrogen-bond donors (Lipinski definition) is 1. The largest absolute Gasteiger partial charge is 0.355 e. The van der Waals surface area contributed by atoms with Crippen molar-refractivity contribution in [1.82, 2.24) is 4.98 Å². The van der Waals surface area contributed by atoms with Crippen LogP contribution in [0.2, 0.25) is 0 Å². The van der Waals surface area contributed by atoms with E-state index < -0.39 is 0 Å². The summed E-state index contributed by atoms with van der Waals surface area (Å²) in [6, 6.07) is 42.8. The van der Waals surface area contributed by atoms with Crippen molar-refractivity contribution in [3.05, 3.63) is 154 Å². The van der Waals surface area contributed by atoms with Crippen LogP contribution in [0, 0.1) is 0 Å². The quantitative estimate of drug-likeness (QED) is 0.253. The van der Waals surface area contributed by atoms with Crippen LogP contribution >= 0.6 is 0 Å². The van der Waals surface area contributed by atoms with Crippen molar-refractivity contribution in [2.75, 3.05) is 0 Å². The number of rotatable bonds is 1. The number of fused-ring (bicyclic) bond motifs is 12. The van der Waals surface area contributed by atoms with Gasteiger partial charge in [-0.05, 0) is 79.9 Å². The van der Waals surface area contributed by atoms with Gasteiger partial charge in [0.25, 0.3) is 0 Å². The summed E-state index contributed by atoms with van der Waals surface area (Å²) in [6.45, 7) is 0. The van der Waals surface area contributed by atoms with Gasteiger partial charge >= 0.3 is 0 Å². The molecule has 1 unspecified atom stereocenters. The Morgan fingerprint density at radius 2 is 1.29 bits per heavy atom. The van der Waals surface area contributed by atoms with Gasteiger partial charge in [0.15, 0.2) is 0 Å². The summed E-state index contributed by atoms with van der Waals surface area (Å²) in [7, 11) is 0. The maximum atomic E-state index is 3.91. The Morgan fingerprint density at radius 3 is 2.05 bits per heavy atom. The molecule has 1 aromatic heterocycles. The maximum Gasteiger partial charge on any atom is 0.0499 e. The molecule has 1 N–H and O–H groups in total. The number of H-pyrrole nitrogens is 1. The van der Waals surface area contributed by atoms with E-state index >= 15 is 0 Å². The molecule has 0 amide bonds. The van der Waals surface area contributed by atoms with E-state index in [1.165, 1.54) is 71.5 Å². The van der Waals surface area contributed by atoms with Gasteiger partial charge in [0.2, 0.25) is 0 Å². The van der Waals surface area contributed by atoms with Crippen LogP contribution in [0.1, 0.15) is 40.2 Å². The number of aromatic amines is 1. The van der Waals surface area contributed by atoms with E-state index in [9.17, 15) is 0 Å². The molecule has 1 heterocycles. The fourth-order valence-electron chi connectivity index (χ4n) is 7.67. The van der Waals surface area contributed by atoms with E-state index in [0.29, 0.717) is 5.92 Å². The molecule has 1 atom stereocenters. The monoisotopic (exact) mass is 483 g/mol. The third kappa shape index (κ3) is 2.51. The Labute approximate surface area is 221 Å². The zero-order valence-corrected chi connectivity index (χ0v) is 20.9. The van der Waals surface area contributed by atoms with Gasteiger partial charge in [0.1, 0.15) is 0 Å². The van der Waals surface area contributed by atoms with Crippen LogP contribution in [0.15, 0.2) is 115 Å². The van der Waals surface area contributed by atoms with Crippen molar-refractivity contribution >= 4 is 23.1 Å². The molecule has 0 fully saturated rings. The number of benzene rings is 5. The normalized spacial score (nSPS) is 17.2. The molecule has 0 saturated heterocycles. The van der Waals surface area contributed by atoms with Crippen molar-refractivity contribution in [3.8, 4) is 22.3 Å². The molecule has 5 aromatic carbocycles. The zero-order valence-electron chi connectivity index (χ0n) is 20.9. The van der Waals surface area contributed by atoms with E-state index in [4.69, 9.17) is 0 Å². The fourth-order valence-corrected chi connectivity index (χ4v) is 7.67. The average molecular weight is 484 g/mol. The summed E-state index contributed by atoms with van der Waals surface area (Å²) < 4.78 is 0. The van der Waals surface area contributed by atoms with Crippen LogP contribution in [0.3, 0.4) is 0 Å². The van der Waals surface area contributed by atoms with Crippen molar-refractivity contribution < 1.29 is 0 Å². The van der Waals surface area contributed by atoms with E-state index in [-0.39, 0.29) is 5.41 Å². The lowest BCUT2D eigenvalue weighted by molar-refractivity contribution is 0.536. The molecule has 3 aliphatic rings. The Morgan fingerprint density at radius 1 is 0.632 bits per heavy atom. The lowest BCUT2D eigenvalue weighted by Crippen LogP contribution is -2.37. The predicted molar refractivity (Wildman–Crippen MR) is 157 cm³/mol. The molecule has 1 heteroatoms. The van der Waals surface area contributed by atoms with Crippen molar-refractivity contribution in [2.45, 2.75) is 17.8 Å². The third-order valence-corrected chi connectivity index (χ3v) is 9.17. The topological polar surface area (TPSA) is 15.8 Å². The zero-order chi connectivity index (χ0) is 24.8. The Balaban J connectivity index is 1.43. The number of nitrogens with one attached hydrogen (secondary N) is 1. The second-order valence-corrected chi connectivity index (χ2v) is 11.0. The first kappa shape index (κ1) is 20.4. The molecule has 1 nitrogen and oxygen atoms in total. The SMILES string of the molecule is C1=c2cc3[nH]c4c(c3cc2-c2ccccc21)C1(CC(c2ccccc2)C=4)c2ccccc2-c2ccccc21. The molecule has 1 spiro atoms. The van der Waals surface area contributed by atoms with E-state index in [2.05, 4.69) is 132 Å². The van der Waals surface area contributed by atoms with Crippen LogP contribution in [0.4, 0.5) is 0 Å². The molecule has 178 valence electrons. The molecular formula is C37H25N. The molecule has 0 aliphatic heterocycles. The molecule has 0 bridgehead atoms. The van der Waals surface area contributed by atoms with Crippen LogP contribution in [-0.2, 0) is 5.41 Å². The van der Waals surface area contributed by atoms with Crippen LogP contribution in [0.5, 0.6) is 0 Å². The molecule has 0 radical (unpaired) electrons. The smallest absolute Gasteiger partial charge is 0.0499 e. The summed E-state index contributed by atoms with van der Waals surface area (Å²) in [4.78, 5) is 3.91. The molecule has 9 rings (SSSR count). The lowest BCUT2D eigenvalue weighted by Gasteiger charge is -2.38. The van der Waals surface area contributed by atoms with Crippen LogP contribution < -0.4 is 10.6 Å². The van der Waals surface area contributed by atoms with E-state index in [1.54, 1.807) is 0 Å². The van der Waals surface area contributed by atoms with Gasteiger partial charge in [-0.2, -0.15) is 0 Å². The molecule has 0 saturated carbocycles.